The molecule has 1 unspecified atom stereocenters. The summed E-state index contributed by atoms with van der Waals surface area (Å²) in [5.74, 6) is 0.626. The Labute approximate surface area is 164 Å². The van der Waals surface area contributed by atoms with Crippen molar-refractivity contribution in [1.29, 1.82) is 0 Å². The minimum Gasteiger partial charge on any atom is -0.497 e. The van der Waals surface area contributed by atoms with Crippen LogP contribution in [-0.4, -0.2) is 43.5 Å². The Bertz CT molecular complexity index is 921. The molecule has 3 rings (SSSR count). The van der Waals surface area contributed by atoms with Crippen molar-refractivity contribution < 1.29 is 22.5 Å². The lowest BCUT2D eigenvalue weighted by Crippen LogP contribution is -2.38. The first kappa shape index (κ1) is 20.3. The van der Waals surface area contributed by atoms with Gasteiger partial charge in [-0.1, -0.05) is 11.6 Å². The molecule has 1 aromatic heterocycles. The number of nitrogens with zero attached hydrogens (tertiary/aromatic N) is 2. The van der Waals surface area contributed by atoms with Crippen molar-refractivity contribution in [3.63, 3.8) is 0 Å². The summed E-state index contributed by atoms with van der Waals surface area (Å²) in [6, 6.07) is 7.31. The molecule has 0 aliphatic carbocycles. The minimum atomic E-state index is -3.72. The van der Waals surface area contributed by atoms with Crippen LogP contribution < -0.4 is 10.1 Å². The topological polar surface area (TPSA) is 102 Å². The summed E-state index contributed by atoms with van der Waals surface area (Å²) in [4.78, 5) is 12.3. The molecule has 1 saturated heterocycles. The van der Waals surface area contributed by atoms with Crippen molar-refractivity contribution in [2.75, 3.05) is 13.7 Å². The largest absolute Gasteiger partial charge is 0.497 e. The molecular formula is C19H25N3O5S. The second kappa shape index (κ2) is 8.32. The Morgan fingerprint density at radius 2 is 2.00 bits per heavy atom. The second-order valence-electron chi connectivity index (χ2n) is 7.05. The molecule has 1 amide bonds. The number of rotatable bonds is 6. The summed E-state index contributed by atoms with van der Waals surface area (Å²) < 4.78 is 38.3. The monoisotopic (exact) mass is 407 g/mol. The van der Waals surface area contributed by atoms with Crippen LogP contribution in [0.3, 0.4) is 0 Å². The third-order valence-electron chi connectivity index (χ3n) is 4.63. The van der Waals surface area contributed by atoms with E-state index in [1.165, 1.54) is 29.6 Å². The van der Waals surface area contributed by atoms with E-state index in [0.717, 1.165) is 12.8 Å². The number of nitrogens with one attached hydrogen (secondary N) is 1. The Balaban J connectivity index is 1.88. The summed E-state index contributed by atoms with van der Waals surface area (Å²) in [7, 11) is -2.20. The standard InChI is InChI=1S/C19H25N3O5S/c1-13(2)20-19(23)16-12-18(27-21-16)17-6-4-5-11-22(17)28(24,25)15-9-7-14(26-3)8-10-15/h7-10,12-13,17H,4-6,11H2,1-3H3,(H,20,23). The number of benzene rings is 1. The molecule has 9 heteroatoms. The van der Waals surface area contributed by atoms with Crippen LogP contribution in [0.4, 0.5) is 0 Å². The van der Waals surface area contributed by atoms with Gasteiger partial charge in [-0.25, -0.2) is 8.42 Å². The van der Waals surface area contributed by atoms with E-state index in [-0.39, 0.29) is 22.5 Å². The van der Waals surface area contributed by atoms with Crippen molar-refractivity contribution in [2.45, 2.75) is 50.1 Å². The van der Waals surface area contributed by atoms with Crippen LogP contribution in [0.15, 0.2) is 39.8 Å². The first-order valence-corrected chi connectivity index (χ1v) is 10.7. The lowest BCUT2D eigenvalue weighted by Gasteiger charge is -2.33. The molecule has 2 heterocycles. The molecule has 2 aromatic rings. The number of sulfonamides is 1. The maximum Gasteiger partial charge on any atom is 0.273 e. The summed E-state index contributed by atoms with van der Waals surface area (Å²) in [5.41, 5.74) is 0.149. The summed E-state index contributed by atoms with van der Waals surface area (Å²) in [6.45, 7) is 4.08. The van der Waals surface area contributed by atoms with Gasteiger partial charge in [-0.15, -0.1) is 0 Å². The van der Waals surface area contributed by atoms with Crippen molar-refractivity contribution in [1.82, 2.24) is 14.8 Å². The molecule has 1 aromatic carbocycles. The number of ether oxygens (including phenoxy) is 1. The highest BCUT2D eigenvalue weighted by atomic mass is 32.2. The highest BCUT2D eigenvalue weighted by Gasteiger charge is 2.37. The predicted octanol–water partition coefficient (Wildman–Crippen LogP) is 2.74. The van der Waals surface area contributed by atoms with Crippen LogP contribution in [0, 0.1) is 0 Å². The van der Waals surface area contributed by atoms with Crippen LogP contribution >= 0.6 is 0 Å². The van der Waals surface area contributed by atoms with Gasteiger partial charge in [0.1, 0.15) is 5.75 Å². The van der Waals surface area contributed by atoms with E-state index in [4.69, 9.17) is 9.26 Å². The van der Waals surface area contributed by atoms with Crippen molar-refractivity contribution in [2.24, 2.45) is 0 Å². The highest BCUT2D eigenvalue weighted by molar-refractivity contribution is 7.89. The lowest BCUT2D eigenvalue weighted by molar-refractivity contribution is 0.0933. The molecule has 28 heavy (non-hydrogen) atoms. The fourth-order valence-electron chi connectivity index (χ4n) is 3.25. The number of carbonyl (C=O) groups is 1. The molecule has 1 fully saturated rings. The summed E-state index contributed by atoms with van der Waals surface area (Å²) in [6.07, 6.45) is 2.24. The van der Waals surface area contributed by atoms with Gasteiger partial charge in [0.15, 0.2) is 11.5 Å². The zero-order valence-electron chi connectivity index (χ0n) is 16.2. The Morgan fingerprint density at radius 1 is 1.29 bits per heavy atom. The van der Waals surface area contributed by atoms with Gasteiger partial charge in [0.05, 0.1) is 18.0 Å². The molecule has 0 radical (unpaired) electrons. The quantitative estimate of drug-likeness (QED) is 0.790. The van der Waals surface area contributed by atoms with Crippen LogP contribution in [-0.2, 0) is 10.0 Å². The van der Waals surface area contributed by atoms with Crippen molar-refractivity contribution in [3.8, 4) is 5.75 Å². The van der Waals surface area contributed by atoms with Crippen molar-refractivity contribution >= 4 is 15.9 Å². The maximum atomic E-state index is 13.2. The van der Waals surface area contributed by atoms with E-state index >= 15 is 0 Å². The SMILES string of the molecule is COc1ccc(S(=O)(=O)N2CCCCC2c2cc(C(=O)NC(C)C)no2)cc1. The number of carbonyl (C=O) groups excluding carboxylic acids is 1. The van der Waals surface area contributed by atoms with Gasteiger partial charge in [-0.05, 0) is 51.0 Å². The minimum absolute atomic E-state index is 0.0331. The van der Waals surface area contributed by atoms with Gasteiger partial charge in [0, 0.05) is 18.7 Å². The van der Waals surface area contributed by atoms with E-state index in [2.05, 4.69) is 10.5 Å². The number of hydrogen-bond acceptors (Lipinski definition) is 6. The third kappa shape index (κ3) is 4.20. The fourth-order valence-corrected chi connectivity index (χ4v) is 4.91. The zero-order valence-corrected chi connectivity index (χ0v) is 17.0. The molecular weight excluding hydrogens is 382 g/mol. The van der Waals surface area contributed by atoms with Gasteiger partial charge in [0.2, 0.25) is 10.0 Å². The number of amides is 1. The maximum absolute atomic E-state index is 13.2. The van der Waals surface area contributed by atoms with Gasteiger partial charge in [0.25, 0.3) is 5.91 Å². The summed E-state index contributed by atoms with van der Waals surface area (Å²) >= 11 is 0. The van der Waals surface area contributed by atoms with E-state index in [1.54, 1.807) is 12.1 Å². The molecule has 0 saturated carbocycles. The number of hydrogen-bond donors (Lipinski definition) is 1. The third-order valence-corrected chi connectivity index (χ3v) is 6.55. The van der Waals surface area contributed by atoms with Crippen LogP contribution in [0.1, 0.15) is 55.4 Å². The Morgan fingerprint density at radius 3 is 2.64 bits per heavy atom. The van der Waals surface area contributed by atoms with Crippen LogP contribution in [0.2, 0.25) is 0 Å². The zero-order chi connectivity index (χ0) is 20.3. The molecule has 152 valence electrons. The molecule has 8 nitrogen and oxygen atoms in total. The molecule has 1 N–H and O–H groups in total. The molecule has 1 aliphatic heterocycles. The molecule has 0 spiro atoms. The Kier molecular flexibility index (Phi) is 6.04. The van der Waals surface area contributed by atoms with E-state index < -0.39 is 16.1 Å². The smallest absolute Gasteiger partial charge is 0.273 e. The molecule has 1 aliphatic rings. The molecule has 1 atom stereocenters. The van der Waals surface area contributed by atoms with E-state index in [9.17, 15) is 13.2 Å². The van der Waals surface area contributed by atoms with Gasteiger partial charge >= 0.3 is 0 Å². The lowest BCUT2D eigenvalue weighted by atomic mass is 10.0. The average Bonchev–Trinajstić information content (AvgIpc) is 3.18. The first-order valence-electron chi connectivity index (χ1n) is 9.26. The van der Waals surface area contributed by atoms with Gasteiger partial charge in [-0.3, -0.25) is 4.79 Å². The number of aromatic nitrogens is 1. The normalized spacial score (nSPS) is 18.2. The highest BCUT2D eigenvalue weighted by Crippen LogP contribution is 2.36. The second-order valence-corrected chi connectivity index (χ2v) is 8.94. The van der Waals surface area contributed by atoms with Crippen LogP contribution in [0.25, 0.3) is 0 Å². The van der Waals surface area contributed by atoms with Crippen LogP contribution in [0.5, 0.6) is 5.75 Å². The summed E-state index contributed by atoms with van der Waals surface area (Å²) in [5, 5.41) is 6.58. The number of methoxy groups -OCH3 is 1. The predicted molar refractivity (Wildman–Crippen MR) is 103 cm³/mol. The first-order chi connectivity index (χ1) is 13.3. The van der Waals surface area contributed by atoms with Crippen molar-refractivity contribution in [3.05, 3.63) is 41.8 Å². The number of piperidine rings is 1. The van der Waals surface area contributed by atoms with Gasteiger partial charge < -0.3 is 14.6 Å². The average molecular weight is 407 g/mol. The molecule has 0 bridgehead atoms. The fraction of sp³-hybridized carbons (Fsp3) is 0.474. The van der Waals surface area contributed by atoms with E-state index in [1.807, 2.05) is 13.8 Å². The van der Waals surface area contributed by atoms with Gasteiger partial charge in [-0.2, -0.15) is 4.31 Å². The van der Waals surface area contributed by atoms with E-state index in [0.29, 0.717) is 24.5 Å². The Hall–Kier alpha value is -2.39.